The summed E-state index contributed by atoms with van der Waals surface area (Å²) in [6, 6.07) is -1.89. The minimum atomic E-state index is -2.04. The minimum Gasteiger partial charge on any atom is -0.507 e. The van der Waals surface area contributed by atoms with E-state index in [0.29, 0.717) is 13.1 Å². The molecule has 1 saturated heterocycles. The molecule has 30 heteroatoms. The van der Waals surface area contributed by atoms with Crippen molar-refractivity contribution in [3.05, 3.63) is 74.7 Å². The summed E-state index contributed by atoms with van der Waals surface area (Å²) in [6.07, 6.45) is 3.50. The number of phenolic OH excluding ortho intramolecular Hbond substituents is 3. The average molecular weight is 1600 g/mol. The standard InChI is InChI=1S/C43H58N4O12.C17H22I3N3O8/c1-21-12-11-13-22(2)42(55)45-33-28(20-44-47-17-15-46(9)16-18-47)37(52)30-31(38(33)53)36(51)26(6)40-32(30)41(54)43(8,59-40)57-19-14-29(56-10)23(3)39(58-27(7)48)25(5)35(50)24(4)34(21)49;1-6(28)15(29)23-14-12(19)9(16(30)21-7(2-24)3-25)11(18)10(13(14)20)17(31)22-8(4-26)5-27/h11-14,19-21,23-25,29,34-35,39,49-53H,15-18H2,1-10H3,(H,45,55);6-8,24-28H,2-5H2,1H3,(H,21,30)(H,22,31)(H,23,29)/b12-11+,19-14+,22-13-,44-20-;/t21-,23-,24-,25-,29+,34+,35+,39-,43+;6-/m10/s1. The molecule has 4 aliphatic heterocycles. The van der Waals surface area contributed by atoms with Gasteiger partial charge in [-0.15, -0.1) is 0 Å². The number of benzene rings is 3. The van der Waals surface area contributed by atoms with Crippen LogP contribution in [0.15, 0.2) is 41.2 Å². The maximum atomic E-state index is 14.4. The van der Waals surface area contributed by atoms with Crippen molar-refractivity contribution in [3.8, 4) is 23.0 Å². The minimum absolute atomic E-state index is 0.00380. The molecule has 0 spiro atoms. The van der Waals surface area contributed by atoms with E-state index in [1.807, 2.05) is 52.2 Å². The normalized spacial score (nSPS) is 25.2. The molecule has 0 aliphatic carbocycles. The predicted octanol–water partition coefficient (Wildman–Crippen LogP) is 3.32. The van der Waals surface area contributed by atoms with Gasteiger partial charge >= 0.3 is 11.8 Å². The molecule has 1 fully saturated rings. The van der Waals surface area contributed by atoms with Crippen molar-refractivity contribution in [1.29, 1.82) is 0 Å². The van der Waals surface area contributed by atoms with Gasteiger partial charge in [-0.25, -0.2) is 0 Å². The number of amides is 4. The van der Waals surface area contributed by atoms with Crippen molar-refractivity contribution >= 4 is 132 Å². The van der Waals surface area contributed by atoms with Crippen LogP contribution in [0, 0.1) is 41.3 Å². The van der Waals surface area contributed by atoms with Crippen LogP contribution >= 0.6 is 67.8 Å². The Morgan fingerprint density at radius 2 is 1.38 bits per heavy atom. The van der Waals surface area contributed by atoms with E-state index in [0.717, 1.165) is 13.1 Å². The van der Waals surface area contributed by atoms with Gasteiger partial charge in [-0.2, -0.15) is 5.10 Å². The van der Waals surface area contributed by atoms with Crippen molar-refractivity contribution in [1.82, 2.24) is 20.5 Å². The lowest BCUT2D eigenvalue weighted by Gasteiger charge is -2.38. The highest BCUT2D eigenvalue weighted by molar-refractivity contribution is 14.1. The number of phenols is 3. The number of aliphatic hydroxyl groups excluding tert-OH is 7. The van der Waals surface area contributed by atoms with Crippen LogP contribution in [-0.4, -0.2) is 218 Å². The smallest absolute Gasteiger partial charge is 0.312 e. The highest BCUT2D eigenvalue weighted by atomic mass is 127. The lowest BCUT2D eigenvalue weighted by atomic mass is 9.78. The first-order valence-electron chi connectivity index (χ1n) is 28.6. The van der Waals surface area contributed by atoms with Gasteiger partial charge in [-0.1, -0.05) is 45.9 Å². The predicted molar refractivity (Wildman–Crippen MR) is 356 cm³/mol. The summed E-state index contributed by atoms with van der Waals surface area (Å²) in [6.45, 7) is 14.3. The van der Waals surface area contributed by atoms with Crippen LogP contribution in [0.4, 0.5) is 11.4 Å². The second-order valence-electron chi connectivity index (χ2n) is 22.4. The largest absolute Gasteiger partial charge is 0.507 e. The molecule has 90 heavy (non-hydrogen) atoms. The molecule has 0 aromatic heterocycles. The van der Waals surface area contributed by atoms with Gasteiger partial charge in [-0.05, 0) is 102 Å². The molecule has 14 N–H and O–H groups in total. The van der Waals surface area contributed by atoms with E-state index in [1.54, 1.807) is 67.4 Å². The number of aromatic hydroxyl groups is 3. The summed E-state index contributed by atoms with van der Waals surface area (Å²) >= 11 is 5.41. The Morgan fingerprint density at radius 1 is 0.822 bits per heavy atom. The molecule has 4 aliphatic rings. The van der Waals surface area contributed by atoms with E-state index in [1.165, 1.54) is 66.4 Å². The number of hydrazone groups is 1. The molecule has 496 valence electrons. The SMILES string of the molecule is CO[C@H]1/C=C/O[C@@]2(C)Oc3c(C)c(O)c4c(O)c(c(/C=N\N5CCN(C)CC5)c(O)c4c3C2=O)NC(=O)/C(C)=C\C=C\[C@@H](C)[C@H](O)[C@@H](C)[C@H](O)[C@@H](C)[C@H](OC(C)=O)[C@@H]1C.C[C@H](O)C(=O)Nc1c(I)c(C(=O)NC(CO)CO)c(I)c(C(=O)NC(CO)CO)c1I. The molecular formula is C60H80I3N7O20. The van der Waals surface area contributed by atoms with E-state index in [9.17, 15) is 79.8 Å². The average Bonchev–Trinajstić information content (AvgIpc) is 1.45. The number of hydrogen-bond acceptors (Lipinski definition) is 23. The van der Waals surface area contributed by atoms with Crippen LogP contribution in [0.5, 0.6) is 23.0 Å². The molecule has 4 heterocycles. The third-order valence-electron chi connectivity index (χ3n) is 15.8. The van der Waals surface area contributed by atoms with Crippen LogP contribution in [0.3, 0.4) is 0 Å². The number of carbonyl (C=O) groups is 6. The third-order valence-corrected chi connectivity index (χ3v) is 19.1. The number of likely N-dealkylation sites (N-methyl/N-ethyl adjacent to an activating group) is 1. The fourth-order valence-electron chi connectivity index (χ4n) is 10.1. The number of halogens is 3. The van der Waals surface area contributed by atoms with Crippen molar-refractivity contribution in [2.45, 2.75) is 111 Å². The van der Waals surface area contributed by atoms with Gasteiger partial charge < -0.3 is 96.2 Å². The molecule has 0 radical (unpaired) electrons. The van der Waals surface area contributed by atoms with E-state index in [2.05, 4.69) is 31.3 Å². The summed E-state index contributed by atoms with van der Waals surface area (Å²) in [5.74, 6) is -10.5. The van der Waals surface area contributed by atoms with Gasteiger partial charge in [-0.3, -0.25) is 33.8 Å². The van der Waals surface area contributed by atoms with Crippen molar-refractivity contribution in [2.75, 3.05) is 77.4 Å². The maximum absolute atomic E-state index is 14.4. The topological polar surface area (TPSA) is 409 Å². The second kappa shape index (κ2) is 32.8. The lowest BCUT2D eigenvalue weighted by Crippen LogP contribution is -2.46. The first-order valence-corrected chi connectivity index (χ1v) is 31.8. The number of nitrogens with zero attached hydrogens (tertiary/aromatic N) is 3. The number of carbonyl (C=O) groups excluding carboxylic acids is 6. The molecule has 27 nitrogen and oxygen atoms in total. The van der Waals surface area contributed by atoms with Crippen molar-refractivity contribution < 1.29 is 98.8 Å². The van der Waals surface area contributed by atoms with Crippen LogP contribution in [0.25, 0.3) is 10.8 Å². The third kappa shape index (κ3) is 17.0. The molecule has 0 saturated carbocycles. The van der Waals surface area contributed by atoms with Crippen molar-refractivity contribution in [2.24, 2.45) is 28.8 Å². The van der Waals surface area contributed by atoms with Crippen LogP contribution < -0.4 is 26.0 Å². The molecule has 3 aromatic carbocycles. The maximum Gasteiger partial charge on any atom is 0.312 e. The summed E-state index contributed by atoms with van der Waals surface area (Å²) in [4.78, 5) is 80.5. The van der Waals surface area contributed by atoms with E-state index in [4.69, 9.17) is 18.9 Å². The summed E-state index contributed by atoms with van der Waals surface area (Å²) < 4.78 is 24.3. The zero-order chi connectivity index (χ0) is 67.5. The lowest BCUT2D eigenvalue weighted by molar-refractivity contribution is -0.160. The van der Waals surface area contributed by atoms with Crippen LogP contribution in [-0.2, 0) is 28.6 Å². The van der Waals surface area contributed by atoms with Gasteiger partial charge in [0, 0.05) is 90.9 Å². The van der Waals surface area contributed by atoms with Gasteiger partial charge in [0.25, 0.3) is 29.4 Å². The molecule has 3 aromatic rings. The Morgan fingerprint density at radius 3 is 1.89 bits per heavy atom. The van der Waals surface area contributed by atoms with Gasteiger partial charge in [0.1, 0.15) is 29.5 Å². The Labute approximate surface area is 561 Å². The van der Waals surface area contributed by atoms with Gasteiger partial charge in [0.15, 0.2) is 5.75 Å². The van der Waals surface area contributed by atoms with Crippen LogP contribution in [0.2, 0.25) is 0 Å². The first kappa shape index (κ1) is 75.2. The number of esters is 1. The number of anilines is 2. The number of allylic oxidation sites excluding steroid dienone is 2. The number of nitrogens with one attached hydrogen (secondary N) is 4. The fourth-order valence-corrected chi connectivity index (χ4v) is 14.6. The Bertz CT molecular complexity index is 3240. The first-order chi connectivity index (χ1) is 42.3. The molecule has 4 amide bonds. The second-order valence-corrected chi connectivity index (χ2v) is 25.7. The monoisotopic (exact) mass is 1600 g/mol. The zero-order valence-electron chi connectivity index (χ0n) is 51.5. The van der Waals surface area contributed by atoms with E-state index < -0.39 is 151 Å². The number of methoxy groups -OCH3 is 1. The highest BCUT2D eigenvalue weighted by Crippen LogP contribution is 2.55. The quantitative estimate of drug-likeness (QED) is 0.0362. The molecule has 7 rings (SSSR count). The Balaban J connectivity index is 0.000000401. The molecule has 0 unspecified atom stereocenters. The molecule has 10 atom stereocenters. The van der Waals surface area contributed by atoms with Gasteiger partial charge in [0.2, 0.25) is 0 Å². The Hall–Kier alpha value is -5.54. The zero-order valence-corrected chi connectivity index (χ0v) is 58.0. The fraction of sp³-hybridized carbons (Fsp3) is 0.517. The number of piperazine rings is 1. The number of ketones is 1. The van der Waals surface area contributed by atoms with Crippen molar-refractivity contribution in [3.63, 3.8) is 0 Å². The summed E-state index contributed by atoms with van der Waals surface area (Å²) in [5.41, 5.74) is -0.234. The number of hydrogen-bond donors (Lipinski definition) is 14. The number of aliphatic hydroxyl groups is 7. The van der Waals surface area contributed by atoms with Gasteiger partial charge in [0.05, 0.1) is 115 Å². The molecular weight excluding hydrogens is 1520 g/mol. The molecule has 5 bridgehead atoms. The number of ether oxygens (including phenoxy) is 4. The number of fused-ring (bicyclic) bond motifs is 14. The summed E-state index contributed by atoms with van der Waals surface area (Å²) in [7, 11) is 3.42. The number of Topliss-reactive ketones (excluding diaryl/α,β-unsaturated/α-hetero) is 1. The Kier molecular flexibility index (Phi) is 27.4. The van der Waals surface area contributed by atoms with Crippen LogP contribution in [0.1, 0.15) is 97.6 Å². The highest BCUT2D eigenvalue weighted by Gasteiger charge is 2.50. The van der Waals surface area contributed by atoms with E-state index >= 15 is 0 Å². The van der Waals surface area contributed by atoms with E-state index in [-0.39, 0.29) is 72.0 Å². The number of rotatable bonds is 14. The summed E-state index contributed by atoms with van der Waals surface area (Å²) in [5, 5.41) is 121.